The maximum absolute atomic E-state index is 6.06. The molecule has 1 aliphatic rings. The third kappa shape index (κ3) is 4.50. The van der Waals surface area contributed by atoms with E-state index >= 15 is 0 Å². The average molecular weight is 360 g/mol. The summed E-state index contributed by atoms with van der Waals surface area (Å²) < 4.78 is 14.2. The first kappa shape index (κ1) is 21.0. The predicted molar refractivity (Wildman–Crippen MR) is 111 cm³/mol. The van der Waals surface area contributed by atoms with Crippen LogP contribution in [-0.4, -0.2) is 23.1 Å². The molecule has 3 rings (SSSR count). The summed E-state index contributed by atoms with van der Waals surface area (Å²) in [6, 6.07) is 9.20. The van der Waals surface area contributed by atoms with Gasteiger partial charge >= 0.3 is 0 Å². The molecule has 1 unspecified atom stereocenters. The Hall–Kier alpha value is -1.32. The zero-order valence-electron chi connectivity index (χ0n) is 18.1. The zero-order chi connectivity index (χ0) is 19.7. The van der Waals surface area contributed by atoms with E-state index in [2.05, 4.69) is 63.5 Å². The second kappa shape index (κ2) is 7.74. The van der Waals surface area contributed by atoms with Gasteiger partial charge in [0, 0.05) is 22.0 Å². The van der Waals surface area contributed by atoms with E-state index in [9.17, 15) is 0 Å². The standard InChI is InChI=1S/C21H31NO2.C2H6/c1-14(2)15-8-9-18-16(10-15)11-19(20(3,4)5)22(18)12-17-13-23-21(6,7)24-17;1-2/h8-11,14,17H,12-13H2,1-7H3;1-2H3. The minimum absolute atomic E-state index is 0.0893. The van der Waals surface area contributed by atoms with Crippen LogP contribution < -0.4 is 0 Å². The smallest absolute Gasteiger partial charge is 0.163 e. The number of fused-ring (bicyclic) bond motifs is 1. The Bertz CT molecular complexity index is 734. The fourth-order valence-electron chi connectivity index (χ4n) is 3.52. The number of hydrogen-bond donors (Lipinski definition) is 0. The highest BCUT2D eigenvalue weighted by molar-refractivity contribution is 5.82. The van der Waals surface area contributed by atoms with Crippen molar-refractivity contribution < 1.29 is 9.47 Å². The van der Waals surface area contributed by atoms with Gasteiger partial charge in [-0.25, -0.2) is 0 Å². The highest BCUT2D eigenvalue weighted by atomic mass is 16.7. The molecule has 0 N–H and O–H groups in total. The molecule has 3 nitrogen and oxygen atoms in total. The summed E-state index contributed by atoms with van der Waals surface area (Å²) >= 11 is 0. The lowest BCUT2D eigenvalue weighted by Gasteiger charge is -2.24. The molecule has 0 saturated carbocycles. The number of benzene rings is 1. The third-order valence-electron chi connectivity index (χ3n) is 4.81. The Morgan fingerprint density at radius 2 is 1.81 bits per heavy atom. The summed E-state index contributed by atoms with van der Waals surface area (Å²) in [6.07, 6.45) is 0.0986. The van der Waals surface area contributed by atoms with Crippen LogP contribution in [0.4, 0.5) is 0 Å². The lowest BCUT2D eigenvalue weighted by molar-refractivity contribution is -0.139. The monoisotopic (exact) mass is 359 g/mol. The zero-order valence-corrected chi connectivity index (χ0v) is 18.1. The summed E-state index contributed by atoms with van der Waals surface area (Å²) in [5.74, 6) is 0.0727. The summed E-state index contributed by atoms with van der Waals surface area (Å²) in [7, 11) is 0. The van der Waals surface area contributed by atoms with E-state index in [0.29, 0.717) is 12.5 Å². The number of aromatic nitrogens is 1. The molecule has 2 aromatic rings. The third-order valence-corrected chi connectivity index (χ3v) is 4.81. The highest BCUT2D eigenvalue weighted by Crippen LogP contribution is 2.33. The summed E-state index contributed by atoms with van der Waals surface area (Å²) in [5, 5.41) is 1.32. The normalized spacial score (nSPS) is 19.7. The van der Waals surface area contributed by atoms with Crippen molar-refractivity contribution in [3.8, 4) is 0 Å². The van der Waals surface area contributed by atoms with Crippen LogP contribution in [0.2, 0.25) is 0 Å². The molecule has 1 fully saturated rings. The van der Waals surface area contributed by atoms with E-state index in [1.807, 2.05) is 27.7 Å². The summed E-state index contributed by atoms with van der Waals surface area (Å²) in [6.45, 7) is 20.8. The van der Waals surface area contributed by atoms with E-state index in [0.717, 1.165) is 6.54 Å². The van der Waals surface area contributed by atoms with Crippen LogP contribution in [0.3, 0.4) is 0 Å². The van der Waals surface area contributed by atoms with Gasteiger partial charge in [0.2, 0.25) is 0 Å². The van der Waals surface area contributed by atoms with Crippen LogP contribution in [0, 0.1) is 0 Å². The quantitative estimate of drug-likeness (QED) is 0.647. The molecule has 1 aromatic carbocycles. The van der Waals surface area contributed by atoms with Crippen LogP contribution in [-0.2, 0) is 21.4 Å². The number of hydrogen-bond acceptors (Lipinski definition) is 2. The van der Waals surface area contributed by atoms with Crippen molar-refractivity contribution in [1.29, 1.82) is 0 Å². The fraction of sp³-hybridized carbons (Fsp3) is 0.652. The lowest BCUT2D eigenvalue weighted by Crippen LogP contribution is -2.26. The van der Waals surface area contributed by atoms with E-state index < -0.39 is 5.79 Å². The first-order chi connectivity index (χ1) is 12.1. The molecule has 0 radical (unpaired) electrons. The van der Waals surface area contributed by atoms with Gasteiger partial charge in [-0.05, 0) is 43.5 Å². The molecule has 1 atom stereocenters. The Balaban J connectivity index is 0.00000117. The fourth-order valence-corrected chi connectivity index (χ4v) is 3.52. The van der Waals surface area contributed by atoms with E-state index in [1.165, 1.54) is 22.2 Å². The molecule has 1 aromatic heterocycles. The van der Waals surface area contributed by atoms with Gasteiger partial charge in [0.15, 0.2) is 5.79 Å². The molecule has 0 spiro atoms. The molecule has 0 amide bonds. The van der Waals surface area contributed by atoms with Gasteiger partial charge in [0.25, 0.3) is 0 Å². The molecule has 26 heavy (non-hydrogen) atoms. The van der Waals surface area contributed by atoms with Gasteiger partial charge < -0.3 is 14.0 Å². The number of ether oxygens (including phenoxy) is 2. The van der Waals surface area contributed by atoms with E-state index in [4.69, 9.17) is 9.47 Å². The van der Waals surface area contributed by atoms with Crippen molar-refractivity contribution >= 4 is 10.9 Å². The van der Waals surface area contributed by atoms with Crippen molar-refractivity contribution in [2.75, 3.05) is 6.61 Å². The lowest BCUT2D eigenvalue weighted by atomic mass is 9.92. The second-order valence-corrected chi connectivity index (χ2v) is 8.81. The van der Waals surface area contributed by atoms with Crippen molar-refractivity contribution in [3.63, 3.8) is 0 Å². The molecule has 3 heteroatoms. The second-order valence-electron chi connectivity index (χ2n) is 8.81. The van der Waals surface area contributed by atoms with Crippen molar-refractivity contribution in [2.24, 2.45) is 0 Å². The minimum atomic E-state index is -0.472. The molecule has 0 bridgehead atoms. The number of rotatable bonds is 3. The first-order valence-corrected chi connectivity index (χ1v) is 10.0. The van der Waals surface area contributed by atoms with Crippen molar-refractivity contribution in [1.82, 2.24) is 4.57 Å². The molecule has 2 heterocycles. The van der Waals surface area contributed by atoms with Crippen LogP contribution in [0.25, 0.3) is 10.9 Å². The van der Waals surface area contributed by atoms with Gasteiger partial charge in [0.1, 0.15) is 6.10 Å². The van der Waals surface area contributed by atoms with Crippen molar-refractivity contribution in [2.45, 2.75) is 92.1 Å². The van der Waals surface area contributed by atoms with Gasteiger partial charge in [-0.2, -0.15) is 0 Å². The molecule has 1 aliphatic heterocycles. The Morgan fingerprint density at radius 1 is 1.15 bits per heavy atom. The Morgan fingerprint density at radius 3 is 2.31 bits per heavy atom. The van der Waals surface area contributed by atoms with E-state index in [1.54, 1.807) is 0 Å². The number of nitrogens with zero attached hydrogens (tertiary/aromatic N) is 1. The molecule has 1 saturated heterocycles. The SMILES string of the molecule is CC.CC(C)c1ccc2c(c1)cc(C(C)(C)C)n2CC1COC(C)(C)O1. The largest absolute Gasteiger partial charge is 0.348 e. The maximum Gasteiger partial charge on any atom is 0.163 e. The Kier molecular flexibility index (Phi) is 6.24. The average Bonchev–Trinajstić information content (AvgIpc) is 3.09. The molecular weight excluding hydrogens is 322 g/mol. The van der Waals surface area contributed by atoms with Crippen LogP contribution in [0.15, 0.2) is 24.3 Å². The first-order valence-electron chi connectivity index (χ1n) is 10.0. The topological polar surface area (TPSA) is 23.4 Å². The van der Waals surface area contributed by atoms with E-state index in [-0.39, 0.29) is 11.5 Å². The van der Waals surface area contributed by atoms with Gasteiger partial charge in [0.05, 0.1) is 13.2 Å². The molecule has 0 aliphatic carbocycles. The maximum atomic E-state index is 6.06. The highest BCUT2D eigenvalue weighted by Gasteiger charge is 2.34. The van der Waals surface area contributed by atoms with Crippen LogP contribution >= 0.6 is 0 Å². The predicted octanol–water partition coefficient (Wildman–Crippen LogP) is 6.24. The van der Waals surface area contributed by atoms with Gasteiger partial charge in [-0.3, -0.25) is 0 Å². The van der Waals surface area contributed by atoms with Crippen LogP contribution in [0.1, 0.15) is 79.5 Å². The van der Waals surface area contributed by atoms with Crippen molar-refractivity contribution in [3.05, 3.63) is 35.5 Å². The van der Waals surface area contributed by atoms with Gasteiger partial charge in [-0.1, -0.05) is 54.5 Å². The molecule has 146 valence electrons. The minimum Gasteiger partial charge on any atom is -0.348 e. The molecular formula is C23H37NO2. The summed E-state index contributed by atoms with van der Waals surface area (Å²) in [5.41, 5.74) is 4.12. The Labute approximate surface area is 159 Å². The van der Waals surface area contributed by atoms with Crippen LogP contribution in [0.5, 0.6) is 0 Å². The summed E-state index contributed by atoms with van der Waals surface area (Å²) in [4.78, 5) is 0. The van der Waals surface area contributed by atoms with Gasteiger partial charge in [-0.15, -0.1) is 0 Å².